The number of rotatable bonds is 2. The van der Waals surface area contributed by atoms with Crippen molar-refractivity contribution in [2.45, 2.75) is 13.3 Å². The third kappa shape index (κ3) is 3.87. The van der Waals surface area contributed by atoms with Gasteiger partial charge in [-0.25, -0.2) is 27.5 Å². The monoisotopic (exact) mass is 406 g/mol. The highest BCUT2D eigenvalue weighted by Gasteiger charge is 2.12. The SMILES string of the molecule is CCc1cnc(-c2cc(F)c(C#Cc3ccc4cc(F)c(F)cc4c3)c(F)c2)nc1. The largest absolute Gasteiger partial charge is 0.236 e. The molecule has 0 N–H and O–H groups in total. The summed E-state index contributed by atoms with van der Waals surface area (Å²) in [6.45, 7) is 1.95. The molecule has 1 aromatic heterocycles. The fourth-order valence-electron chi connectivity index (χ4n) is 2.96. The minimum absolute atomic E-state index is 0.210. The number of nitrogens with zero attached hydrogens (tertiary/aromatic N) is 2. The zero-order chi connectivity index (χ0) is 21.3. The van der Waals surface area contributed by atoms with Gasteiger partial charge in [-0.3, -0.25) is 0 Å². The van der Waals surface area contributed by atoms with Gasteiger partial charge in [0.05, 0.1) is 5.56 Å². The van der Waals surface area contributed by atoms with Crippen LogP contribution in [-0.4, -0.2) is 9.97 Å². The molecule has 30 heavy (non-hydrogen) atoms. The molecule has 0 atom stereocenters. The Morgan fingerprint density at radius 1 is 0.733 bits per heavy atom. The number of halogens is 4. The first kappa shape index (κ1) is 19.6. The Hall–Kier alpha value is -3.72. The Labute approximate surface area is 170 Å². The van der Waals surface area contributed by atoms with Crippen LogP contribution in [0.2, 0.25) is 0 Å². The molecule has 148 valence electrons. The minimum atomic E-state index is -0.977. The summed E-state index contributed by atoms with van der Waals surface area (Å²) in [5, 5.41) is 0.930. The van der Waals surface area contributed by atoms with Crippen molar-refractivity contribution in [2.75, 3.05) is 0 Å². The number of hydrogen-bond donors (Lipinski definition) is 0. The van der Waals surface area contributed by atoms with E-state index in [0.717, 1.165) is 36.2 Å². The summed E-state index contributed by atoms with van der Waals surface area (Å²) >= 11 is 0. The molecule has 0 saturated heterocycles. The Kier molecular flexibility index (Phi) is 5.20. The van der Waals surface area contributed by atoms with E-state index >= 15 is 0 Å². The summed E-state index contributed by atoms with van der Waals surface area (Å²) < 4.78 is 55.8. The molecule has 1 heterocycles. The smallest absolute Gasteiger partial charge is 0.159 e. The predicted molar refractivity (Wildman–Crippen MR) is 107 cm³/mol. The molecule has 0 spiro atoms. The molecular formula is C24H14F4N2. The molecule has 0 aliphatic rings. The molecule has 4 rings (SSSR count). The maximum atomic E-state index is 14.5. The van der Waals surface area contributed by atoms with Crippen molar-refractivity contribution < 1.29 is 17.6 Å². The van der Waals surface area contributed by atoms with Crippen molar-refractivity contribution in [3.8, 4) is 23.2 Å². The molecule has 2 nitrogen and oxygen atoms in total. The minimum Gasteiger partial charge on any atom is -0.236 e. The van der Waals surface area contributed by atoms with Crippen LogP contribution >= 0.6 is 0 Å². The lowest BCUT2D eigenvalue weighted by atomic mass is 10.1. The summed E-state index contributed by atoms with van der Waals surface area (Å²) in [4.78, 5) is 8.26. The van der Waals surface area contributed by atoms with Crippen molar-refractivity contribution >= 4 is 10.8 Å². The van der Waals surface area contributed by atoms with E-state index in [0.29, 0.717) is 16.3 Å². The quantitative estimate of drug-likeness (QED) is 0.310. The highest BCUT2D eigenvalue weighted by molar-refractivity contribution is 5.84. The zero-order valence-electron chi connectivity index (χ0n) is 15.8. The van der Waals surface area contributed by atoms with Gasteiger partial charge in [0.1, 0.15) is 11.6 Å². The normalized spacial score (nSPS) is 10.7. The van der Waals surface area contributed by atoms with E-state index in [1.807, 2.05) is 6.92 Å². The third-order valence-corrected chi connectivity index (χ3v) is 4.63. The molecule has 0 bridgehead atoms. The summed E-state index contributed by atoms with van der Waals surface area (Å²) in [6, 6.07) is 9.05. The Balaban J connectivity index is 1.68. The fraction of sp³-hybridized carbons (Fsp3) is 0.0833. The van der Waals surface area contributed by atoms with Gasteiger partial charge in [0, 0.05) is 23.5 Å². The lowest BCUT2D eigenvalue weighted by molar-refractivity contribution is 0.511. The summed E-state index contributed by atoms with van der Waals surface area (Å²) in [5.41, 5.74) is 1.14. The highest BCUT2D eigenvalue weighted by atomic mass is 19.2. The van der Waals surface area contributed by atoms with Crippen LogP contribution in [0.3, 0.4) is 0 Å². The van der Waals surface area contributed by atoms with Gasteiger partial charge in [-0.2, -0.15) is 0 Å². The highest BCUT2D eigenvalue weighted by Crippen LogP contribution is 2.22. The molecule has 0 amide bonds. The van der Waals surface area contributed by atoms with Crippen molar-refractivity contribution in [3.05, 3.63) is 94.8 Å². The molecule has 0 aliphatic heterocycles. The topological polar surface area (TPSA) is 25.8 Å². The zero-order valence-corrected chi connectivity index (χ0v) is 15.8. The van der Waals surface area contributed by atoms with E-state index in [2.05, 4.69) is 21.8 Å². The first-order chi connectivity index (χ1) is 14.4. The van der Waals surface area contributed by atoms with E-state index in [1.165, 1.54) is 6.07 Å². The Bertz CT molecular complexity index is 1300. The molecule has 0 saturated carbocycles. The predicted octanol–water partition coefficient (Wildman–Crippen LogP) is 5.82. The third-order valence-electron chi connectivity index (χ3n) is 4.63. The average molecular weight is 406 g/mol. The van der Waals surface area contributed by atoms with Crippen LogP contribution in [0.25, 0.3) is 22.2 Å². The van der Waals surface area contributed by atoms with Gasteiger partial charge in [-0.15, -0.1) is 0 Å². The summed E-state index contributed by atoms with van der Waals surface area (Å²) in [6.07, 6.45) is 3.98. The number of hydrogen-bond acceptors (Lipinski definition) is 2. The first-order valence-electron chi connectivity index (χ1n) is 9.15. The average Bonchev–Trinajstić information content (AvgIpc) is 2.74. The molecule has 6 heteroatoms. The molecule has 0 unspecified atom stereocenters. The number of aryl methyl sites for hydroxylation is 1. The van der Waals surface area contributed by atoms with Gasteiger partial charge in [0.2, 0.25) is 0 Å². The van der Waals surface area contributed by atoms with E-state index in [1.54, 1.807) is 24.5 Å². The second-order valence-electron chi connectivity index (χ2n) is 6.66. The van der Waals surface area contributed by atoms with Crippen LogP contribution in [0.4, 0.5) is 17.6 Å². The molecule has 3 aromatic carbocycles. The standard InChI is InChI=1S/C24H14F4N2/c1-2-14-12-29-24(30-13-14)18-10-20(25)19(21(26)11-18)6-4-15-3-5-16-8-22(27)23(28)9-17(16)7-15/h3,5,7-13H,2H2,1H3. The van der Waals surface area contributed by atoms with Crippen LogP contribution < -0.4 is 0 Å². The fourth-order valence-corrected chi connectivity index (χ4v) is 2.96. The van der Waals surface area contributed by atoms with Gasteiger partial charge < -0.3 is 0 Å². The Morgan fingerprint density at radius 3 is 2.00 bits per heavy atom. The van der Waals surface area contributed by atoms with E-state index in [9.17, 15) is 17.6 Å². The van der Waals surface area contributed by atoms with Crippen molar-refractivity contribution in [1.82, 2.24) is 9.97 Å². The maximum absolute atomic E-state index is 14.5. The van der Waals surface area contributed by atoms with Gasteiger partial charge >= 0.3 is 0 Å². The van der Waals surface area contributed by atoms with Crippen LogP contribution in [0.5, 0.6) is 0 Å². The molecule has 0 aliphatic carbocycles. The lowest BCUT2D eigenvalue weighted by Gasteiger charge is -2.04. The van der Waals surface area contributed by atoms with Crippen molar-refractivity contribution in [3.63, 3.8) is 0 Å². The Morgan fingerprint density at radius 2 is 1.37 bits per heavy atom. The van der Waals surface area contributed by atoms with Crippen LogP contribution in [0.1, 0.15) is 23.6 Å². The van der Waals surface area contributed by atoms with Crippen LogP contribution in [0.15, 0.2) is 54.9 Å². The van der Waals surface area contributed by atoms with Crippen molar-refractivity contribution in [2.24, 2.45) is 0 Å². The summed E-state index contributed by atoms with van der Waals surface area (Å²) in [5.74, 6) is 1.76. The second kappa shape index (κ2) is 7.96. The first-order valence-corrected chi connectivity index (χ1v) is 9.15. The molecule has 0 radical (unpaired) electrons. The van der Waals surface area contributed by atoms with E-state index in [-0.39, 0.29) is 11.4 Å². The van der Waals surface area contributed by atoms with E-state index < -0.39 is 28.8 Å². The van der Waals surface area contributed by atoms with Crippen LogP contribution in [-0.2, 0) is 6.42 Å². The van der Waals surface area contributed by atoms with Gasteiger partial charge in [0.15, 0.2) is 17.5 Å². The van der Waals surface area contributed by atoms with Crippen LogP contribution in [0, 0.1) is 35.1 Å². The molecule has 4 aromatic rings. The number of fused-ring (bicyclic) bond motifs is 1. The second-order valence-corrected chi connectivity index (χ2v) is 6.66. The number of aromatic nitrogens is 2. The number of benzene rings is 3. The van der Waals surface area contributed by atoms with Gasteiger partial charge in [-0.1, -0.05) is 24.8 Å². The maximum Gasteiger partial charge on any atom is 0.159 e. The van der Waals surface area contributed by atoms with Gasteiger partial charge in [-0.05, 0) is 59.2 Å². The molecule has 0 fully saturated rings. The van der Waals surface area contributed by atoms with Crippen molar-refractivity contribution in [1.29, 1.82) is 0 Å². The van der Waals surface area contributed by atoms with Gasteiger partial charge in [0.25, 0.3) is 0 Å². The summed E-state index contributed by atoms with van der Waals surface area (Å²) in [7, 11) is 0. The lowest BCUT2D eigenvalue weighted by Crippen LogP contribution is -1.96. The van der Waals surface area contributed by atoms with E-state index in [4.69, 9.17) is 0 Å². The molecular weight excluding hydrogens is 392 g/mol.